The molecule has 0 aromatic heterocycles. The SMILES string of the molecule is CC(c1ccc(F)c(F)c1)N(C)C(=O)C1CSCN1. The van der Waals surface area contributed by atoms with Crippen molar-refractivity contribution in [1.29, 1.82) is 0 Å². The molecule has 2 rings (SSSR count). The molecule has 1 aliphatic rings. The maximum Gasteiger partial charge on any atom is 0.240 e. The summed E-state index contributed by atoms with van der Waals surface area (Å²) >= 11 is 1.67. The number of hydrogen-bond acceptors (Lipinski definition) is 3. The molecular weight excluding hydrogens is 270 g/mol. The Kier molecular flexibility index (Phi) is 4.42. The van der Waals surface area contributed by atoms with E-state index in [1.165, 1.54) is 6.07 Å². The fraction of sp³-hybridized carbons (Fsp3) is 0.462. The van der Waals surface area contributed by atoms with Crippen LogP contribution in [0.4, 0.5) is 8.78 Å². The number of benzene rings is 1. The van der Waals surface area contributed by atoms with Crippen LogP contribution in [0.5, 0.6) is 0 Å². The fourth-order valence-electron chi connectivity index (χ4n) is 1.99. The zero-order valence-electron chi connectivity index (χ0n) is 10.8. The standard InChI is InChI=1S/C13H16F2N2OS/c1-8(9-3-4-10(14)11(15)5-9)17(2)13(18)12-6-19-7-16-12/h3-5,8,12,16H,6-7H2,1-2H3. The third-order valence-electron chi connectivity index (χ3n) is 3.37. The van der Waals surface area contributed by atoms with E-state index in [1.54, 1.807) is 30.6 Å². The number of nitrogens with one attached hydrogen (secondary N) is 1. The first kappa shape index (κ1) is 14.3. The normalized spacial score (nSPS) is 20.3. The number of hydrogen-bond donors (Lipinski definition) is 1. The summed E-state index contributed by atoms with van der Waals surface area (Å²) in [6.07, 6.45) is 0. The zero-order chi connectivity index (χ0) is 14.0. The molecule has 2 atom stereocenters. The van der Waals surface area contributed by atoms with E-state index in [-0.39, 0.29) is 18.0 Å². The van der Waals surface area contributed by atoms with Gasteiger partial charge >= 0.3 is 0 Å². The first-order valence-corrected chi connectivity index (χ1v) is 7.19. The minimum Gasteiger partial charge on any atom is -0.338 e. The van der Waals surface area contributed by atoms with Crippen molar-refractivity contribution in [2.75, 3.05) is 18.7 Å². The van der Waals surface area contributed by atoms with Gasteiger partial charge in [0.05, 0.1) is 12.1 Å². The van der Waals surface area contributed by atoms with Crippen molar-refractivity contribution in [1.82, 2.24) is 10.2 Å². The third-order valence-corrected chi connectivity index (χ3v) is 4.31. The molecule has 1 heterocycles. The number of carbonyl (C=O) groups excluding carboxylic acids is 1. The third kappa shape index (κ3) is 3.06. The number of thioether (sulfide) groups is 1. The Morgan fingerprint density at radius 2 is 2.21 bits per heavy atom. The van der Waals surface area contributed by atoms with Gasteiger partial charge in [0.25, 0.3) is 0 Å². The summed E-state index contributed by atoms with van der Waals surface area (Å²) in [4.78, 5) is 13.8. The maximum atomic E-state index is 13.2. The minimum atomic E-state index is -0.889. The lowest BCUT2D eigenvalue weighted by molar-refractivity contribution is -0.133. The van der Waals surface area contributed by atoms with Crippen LogP contribution in [0.15, 0.2) is 18.2 Å². The van der Waals surface area contributed by atoms with Crippen LogP contribution in [0.25, 0.3) is 0 Å². The van der Waals surface area contributed by atoms with Crippen molar-refractivity contribution in [2.24, 2.45) is 0 Å². The van der Waals surface area contributed by atoms with Gasteiger partial charge in [0.15, 0.2) is 11.6 Å². The molecule has 0 aliphatic carbocycles. The largest absolute Gasteiger partial charge is 0.338 e. The van der Waals surface area contributed by atoms with Gasteiger partial charge in [-0.3, -0.25) is 10.1 Å². The molecule has 6 heteroatoms. The highest BCUT2D eigenvalue weighted by Gasteiger charge is 2.28. The molecule has 0 saturated carbocycles. The second kappa shape index (κ2) is 5.88. The predicted octanol–water partition coefficient (Wildman–Crippen LogP) is 2.15. The molecule has 0 radical (unpaired) electrons. The van der Waals surface area contributed by atoms with Crippen LogP contribution in [0.3, 0.4) is 0 Å². The molecule has 1 aromatic rings. The molecule has 104 valence electrons. The van der Waals surface area contributed by atoms with E-state index < -0.39 is 11.6 Å². The quantitative estimate of drug-likeness (QED) is 0.924. The molecule has 3 nitrogen and oxygen atoms in total. The second-order valence-corrected chi connectivity index (χ2v) is 5.60. The van der Waals surface area contributed by atoms with E-state index >= 15 is 0 Å². The Balaban J connectivity index is 2.11. The molecule has 1 aromatic carbocycles. The number of likely N-dealkylation sites (N-methyl/N-ethyl adjacent to an activating group) is 1. The fourth-order valence-corrected chi connectivity index (χ4v) is 2.92. The van der Waals surface area contributed by atoms with Crippen molar-refractivity contribution < 1.29 is 13.6 Å². The van der Waals surface area contributed by atoms with Gasteiger partial charge in [-0.2, -0.15) is 0 Å². The van der Waals surface area contributed by atoms with Gasteiger partial charge < -0.3 is 4.90 Å². The van der Waals surface area contributed by atoms with Crippen molar-refractivity contribution in [3.05, 3.63) is 35.4 Å². The van der Waals surface area contributed by atoms with Crippen molar-refractivity contribution in [3.63, 3.8) is 0 Å². The maximum absolute atomic E-state index is 13.2. The molecule has 1 aliphatic heterocycles. The summed E-state index contributed by atoms with van der Waals surface area (Å²) in [6.45, 7) is 1.80. The summed E-state index contributed by atoms with van der Waals surface area (Å²) in [6, 6.07) is 3.24. The van der Waals surface area contributed by atoms with Gasteiger partial charge in [-0.15, -0.1) is 11.8 Å². The highest BCUT2D eigenvalue weighted by atomic mass is 32.2. The van der Waals surface area contributed by atoms with Gasteiger partial charge in [-0.05, 0) is 24.6 Å². The molecule has 1 amide bonds. The van der Waals surface area contributed by atoms with E-state index in [0.29, 0.717) is 5.56 Å². The zero-order valence-corrected chi connectivity index (χ0v) is 11.6. The smallest absolute Gasteiger partial charge is 0.240 e. The number of amides is 1. The summed E-state index contributed by atoms with van der Waals surface area (Å²) in [5.41, 5.74) is 0.584. The Bertz CT molecular complexity index is 478. The van der Waals surface area contributed by atoms with E-state index in [2.05, 4.69) is 5.32 Å². The van der Waals surface area contributed by atoms with E-state index in [4.69, 9.17) is 0 Å². The van der Waals surface area contributed by atoms with Gasteiger partial charge in [0.2, 0.25) is 5.91 Å². The van der Waals surface area contributed by atoms with Gasteiger partial charge in [-0.25, -0.2) is 8.78 Å². The highest BCUT2D eigenvalue weighted by Crippen LogP contribution is 2.22. The molecule has 1 fully saturated rings. The van der Waals surface area contributed by atoms with E-state index in [0.717, 1.165) is 23.8 Å². The van der Waals surface area contributed by atoms with Crippen molar-refractivity contribution in [3.8, 4) is 0 Å². The van der Waals surface area contributed by atoms with Crippen LogP contribution < -0.4 is 5.32 Å². The van der Waals surface area contributed by atoms with E-state index in [9.17, 15) is 13.6 Å². The lowest BCUT2D eigenvalue weighted by atomic mass is 10.1. The van der Waals surface area contributed by atoms with Crippen molar-refractivity contribution >= 4 is 17.7 Å². The Labute approximate surface area is 115 Å². The average Bonchev–Trinajstić information content (AvgIpc) is 2.93. The number of carbonyl (C=O) groups is 1. The van der Waals surface area contributed by atoms with Gasteiger partial charge in [0.1, 0.15) is 0 Å². The summed E-state index contributed by atoms with van der Waals surface area (Å²) in [5.74, 6) is -0.280. The van der Waals surface area contributed by atoms with Gasteiger partial charge in [0, 0.05) is 18.7 Å². The molecule has 2 unspecified atom stereocenters. The van der Waals surface area contributed by atoms with Crippen LogP contribution in [-0.4, -0.2) is 35.5 Å². The molecule has 19 heavy (non-hydrogen) atoms. The Morgan fingerprint density at radius 3 is 2.79 bits per heavy atom. The van der Waals surface area contributed by atoms with Crippen molar-refractivity contribution in [2.45, 2.75) is 19.0 Å². The van der Waals surface area contributed by atoms with Crippen LogP contribution >= 0.6 is 11.8 Å². The lowest BCUT2D eigenvalue weighted by Gasteiger charge is -2.27. The number of halogens is 2. The monoisotopic (exact) mass is 286 g/mol. The number of nitrogens with zero attached hydrogens (tertiary/aromatic N) is 1. The predicted molar refractivity (Wildman–Crippen MR) is 71.8 cm³/mol. The topological polar surface area (TPSA) is 32.3 Å². The van der Waals surface area contributed by atoms with Crippen LogP contribution in [0.2, 0.25) is 0 Å². The number of rotatable bonds is 3. The molecule has 0 bridgehead atoms. The Morgan fingerprint density at radius 1 is 1.47 bits per heavy atom. The second-order valence-electron chi connectivity index (χ2n) is 4.57. The molecule has 1 N–H and O–H groups in total. The first-order chi connectivity index (χ1) is 9.00. The molecule has 1 saturated heterocycles. The van der Waals surface area contributed by atoms with Crippen LogP contribution in [0, 0.1) is 11.6 Å². The highest BCUT2D eigenvalue weighted by molar-refractivity contribution is 7.99. The first-order valence-electron chi connectivity index (χ1n) is 6.03. The Hall–Kier alpha value is -1.14. The molecule has 0 spiro atoms. The van der Waals surface area contributed by atoms with Crippen LogP contribution in [-0.2, 0) is 4.79 Å². The minimum absolute atomic E-state index is 0.0257. The van der Waals surface area contributed by atoms with Gasteiger partial charge in [-0.1, -0.05) is 6.07 Å². The molecular formula is C13H16F2N2OS. The summed E-state index contributed by atoms with van der Waals surface area (Å²) < 4.78 is 26.1. The average molecular weight is 286 g/mol. The summed E-state index contributed by atoms with van der Waals surface area (Å²) in [5, 5.41) is 3.10. The lowest BCUT2D eigenvalue weighted by Crippen LogP contribution is -2.44. The summed E-state index contributed by atoms with van der Waals surface area (Å²) in [7, 11) is 1.68. The van der Waals surface area contributed by atoms with E-state index in [1.807, 2.05) is 0 Å². The van der Waals surface area contributed by atoms with Crippen LogP contribution in [0.1, 0.15) is 18.5 Å².